The van der Waals surface area contributed by atoms with Gasteiger partial charge in [0.2, 0.25) is 5.91 Å². The van der Waals surface area contributed by atoms with Gasteiger partial charge in [0.25, 0.3) is 0 Å². The van der Waals surface area contributed by atoms with E-state index in [1.54, 1.807) is 12.1 Å². The number of hydrogen-bond donors (Lipinski definition) is 1. The van der Waals surface area contributed by atoms with E-state index >= 15 is 0 Å². The average Bonchev–Trinajstić information content (AvgIpc) is 3.06. The molecule has 1 aromatic carbocycles. The molecule has 1 amide bonds. The van der Waals surface area contributed by atoms with Crippen molar-refractivity contribution < 1.29 is 14.0 Å². The summed E-state index contributed by atoms with van der Waals surface area (Å²) >= 11 is 0. The van der Waals surface area contributed by atoms with E-state index in [0.29, 0.717) is 6.54 Å². The molecule has 0 aliphatic carbocycles. The molecule has 1 heterocycles. The van der Waals surface area contributed by atoms with Gasteiger partial charge in [-0.15, -0.1) is 0 Å². The van der Waals surface area contributed by atoms with Crippen molar-refractivity contribution in [1.82, 2.24) is 10.2 Å². The van der Waals surface area contributed by atoms with Gasteiger partial charge in [-0.05, 0) is 51.9 Å². The molecule has 2 rings (SSSR count). The molecule has 1 aliphatic rings. The third-order valence-electron chi connectivity index (χ3n) is 4.43. The van der Waals surface area contributed by atoms with E-state index in [9.17, 15) is 14.0 Å². The molecule has 0 bridgehead atoms. The summed E-state index contributed by atoms with van der Waals surface area (Å²) in [4.78, 5) is 26.3. The van der Waals surface area contributed by atoms with Crippen LogP contribution in [-0.2, 0) is 4.79 Å². The fourth-order valence-corrected chi connectivity index (χ4v) is 2.89. The number of halogens is 1. The first kappa shape index (κ1) is 17.6. The number of rotatable bonds is 7. The van der Waals surface area contributed by atoms with E-state index in [2.05, 4.69) is 24.1 Å². The van der Waals surface area contributed by atoms with Crippen LogP contribution in [0.3, 0.4) is 0 Å². The van der Waals surface area contributed by atoms with E-state index in [-0.39, 0.29) is 35.6 Å². The standard InChI is InChI=1S/C18H25FN2O2/c1-18(2,21-11-5-6-12-21)13-20-17(23)10-9-16(22)14-7-3-4-8-15(14)19/h3-4,7-8H,5-6,9-13H2,1-2H3,(H,20,23). The minimum atomic E-state index is -0.534. The average molecular weight is 320 g/mol. The zero-order valence-corrected chi connectivity index (χ0v) is 13.9. The maximum atomic E-state index is 13.5. The van der Waals surface area contributed by atoms with Crippen molar-refractivity contribution in [3.05, 3.63) is 35.6 Å². The van der Waals surface area contributed by atoms with Gasteiger partial charge in [0.15, 0.2) is 5.78 Å². The lowest BCUT2D eigenvalue weighted by Crippen LogP contribution is -2.50. The molecule has 1 aromatic rings. The molecule has 0 unspecified atom stereocenters. The van der Waals surface area contributed by atoms with Gasteiger partial charge in [0.1, 0.15) is 5.82 Å². The Labute approximate surface area is 137 Å². The van der Waals surface area contributed by atoms with Crippen LogP contribution in [-0.4, -0.2) is 41.8 Å². The van der Waals surface area contributed by atoms with Crippen LogP contribution in [0.1, 0.15) is 49.9 Å². The summed E-state index contributed by atoms with van der Waals surface area (Å²) in [6, 6.07) is 5.87. The summed E-state index contributed by atoms with van der Waals surface area (Å²) in [5, 5.41) is 2.89. The number of benzene rings is 1. The number of hydrogen-bond acceptors (Lipinski definition) is 3. The molecule has 0 spiro atoms. The molecule has 1 fully saturated rings. The first-order chi connectivity index (χ1) is 10.9. The van der Waals surface area contributed by atoms with Crippen LogP contribution in [0.5, 0.6) is 0 Å². The molecule has 0 saturated carbocycles. The van der Waals surface area contributed by atoms with Crippen LogP contribution in [0, 0.1) is 5.82 Å². The molecule has 0 radical (unpaired) electrons. The molecular formula is C18H25FN2O2. The summed E-state index contributed by atoms with van der Waals surface area (Å²) < 4.78 is 13.5. The van der Waals surface area contributed by atoms with Gasteiger partial charge in [0, 0.05) is 24.9 Å². The molecule has 1 N–H and O–H groups in total. The Balaban J connectivity index is 1.77. The lowest BCUT2D eigenvalue weighted by Gasteiger charge is -2.35. The zero-order valence-electron chi connectivity index (χ0n) is 13.9. The van der Waals surface area contributed by atoms with Crippen molar-refractivity contribution in [3.8, 4) is 0 Å². The SMILES string of the molecule is CC(C)(CNC(=O)CCC(=O)c1ccccc1F)N1CCCC1. The predicted molar refractivity (Wildman–Crippen MR) is 87.9 cm³/mol. The Bertz CT molecular complexity index is 566. The van der Waals surface area contributed by atoms with Gasteiger partial charge in [-0.2, -0.15) is 0 Å². The van der Waals surface area contributed by atoms with Crippen LogP contribution >= 0.6 is 0 Å². The molecule has 5 heteroatoms. The Kier molecular flexibility index (Phi) is 5.88. The number of likely N-dealkylation sites (tertiary alicyclic amines) is 1. The highest BCUT2D eigenvalue weighted by molar-refractivity contribution is 5.98. The van der Waals surface area contributed by atoms with Crippen LogP contribution < -0.4 is 5.32 Å². The van der Waals surface area contributed by atoms with Crippen LogP contribution in [0.25, 0.3) is 0 Å². The van der Waals surface area contributed by atoms with E-state index < -0.39 is 5.82 Å². The molecule has 1 saturated heterocycles. The van der Waals surface area contributed by atoms with E-state index in [1.807, 2.05) is 0 Å². The van der Waals surface area contributed by atoms with Crippen molar-refractivity contribution in [2.45, 2.75) is 45.1 Å². The van der Waals surface area contributed by atoms with Gasteiger partial charge in [-0.3, -0.25) is 14.5 Å². The zero-order chi connectivity index (χ0) is 16.9. The summed E-state index contributed by atoms with van der Waals surface area (Å²) in [6.45, 7) is 6.91. The molecule has 23 heavy (non-hydrogen) atoms. The van der Waals surface area contributed by atoms with Crippen molar-refractivity contribution in [2.75, 3.05) is 19.6 Å². The monoisotopic (exact) mass is 320 g/mol. The Morgan fingerprint density at radius 2 is 1.83 bits per heavy atom. The second kappa shape index (κ2) is 7.68. The second-order valence-electron chi connectivity index (χ2n) is 6.69. The Morgan fingerprint density at radius 1 is 1.17 bits per heavy atom. The summed E-state index contributed by atoms with van der Waals surface area (Å²) in [5.41, 5.74) is -0.0282. The highest BCUT2D eigenvalue weighted by Gasteiger charge is 2.29. The molecule has 4 nitrogen and oxygen atoms in total. The number of nitrogens with one attached hydrogen (secondary N) is 1. The number of ketones is 1. The minimum absolute atomic E-state index is 0.0247. The first-order valence-electron chi connectivity index (χ1n) is 8.19. The topological polar surface area (TPSA) is 49.4 Å². The van der Waals surface area contributed by atoms with Gasteiger partial charge in [-0.25, -0.2) is 4.39 Å². The number of nitrogens with zero attached hydrogens (tertiary/aromatic N) is 1. The lowest BCUT2D eigenvalue weighted by atomic mass is 10.0. The number of carbonyl (C=O) groups is 2. The summed E-state index contributed by atoms with van der Waals surface area (Å²) in [7, 11) is 0. The van der Waals surface area contributed by atoms with E-state index in [0.717, 1.165) is 13.1 Å². The van der Waals surface area contributed by atoms with E-state index in [4.69, 9.17) is 0 Å². The van der Waals surface area contributed by atoms with Gasteiger partial charge < -0.3 is 5.32 Å². The molecular weight excluding hydrogens is 295 g/mol. The number of amides is 1. The van der Waals surface area contributed by atoms with Crippen molar-refractivity contribution in [3.63, 3.8) is 0 Å². The molecule has 126 valence electrons. The maximum Gasteiger partial charge on any atom is 0.220 e. The number of carbonyl (C=O) groups excluding carboxylic acids is 2. The van der Waals surface area contributed by atoms with Crippen molar-refractivity contribution in [2.24, 2.45) is 0 Å². The molecule has 0 atom stereocenters. The minimum Gasteiger partial charge on any atom is -0.354 e. The highest BCUT2D eigenvalue weighted by atomic mass is 19.1. The normalized spacial score (nSPS) is 15.6. The largest absolute Gasteiger partial charge is 0.354 e. The molecule has 1 aliphatic heterocycles. The fourth-order valence-electron chi connectivity index (χ4n) is 2.89. The maximum absolute atomic E-state index is 13.5. The predicted octanol–water partition coefficient (Wildman–Crippen LogP) is 2.78. The number of Topliss-reactive ketones (excluding diaryl/α,β-unsaturated/α-hetero) is 1. The van der Waals surface area contributed by atoms with Crippen LogP contribution in [0.2, 0.25) is 0 Å². The fraction of sp³-hybridized carbons (Fsp3) is 0.556. The summed E-state index contributed by atoms with van der Waals surface area (Å²) in [6.07, 6.45) is 2.52. The quantitative estimate of drug-likeness (QED) is 0.786. The second-order valence-corrected chi connectivity index (χ2v) is 6.69. The summed E-state index contributed by atoms with van der Waals surface area (Å²) in [5.74, 6) is -1.04. The third-order valence-corrected chi connectivity index (χ3v) is 4.43. The van der Waals surface area contributed by atoms with Crippen LogP contribution in [0.4, 0.5) is 4.39 Å². The smallest absolute Gasteiger partial charge is 0.220 e. The van der Waals surface area contributed by atoms with Gasteiger partial charge in [-0.1, -0.05) is 12.1 Å². The van der Waals surface area contributed by atoms with Crippen molar-refractivity contribution in [1.29, 1.82) is 0 Å². The van der Waals surface area contributed by atoms with E-state index in [1.165, 1.54) is 25.0 Å². The van der Waals surface area contributed by atoms with Gasteiger partial charge in [0.05, 0.1) is 5.56 Å². The highest BCUT2D eigenvalue weighted by Crippen LogP contribution is 2.20. The third kappa shape index (κ3) is 4.86. The van der Waals surface area contributed by atoms with Crippen molar-refractivity contribution >= 4 is 11.7 Å². The van der Waals surface area contributed by atoms with Gasteiger partial charge >= 0.3 is 0 Å². The Morgan fingerprint density at radius 3 is 2.48 bits per heavy atom. The Hall–Kier alpha value is -1.75. The van der Waals surface area contributed by atoms with Crippen LogP contribution in [0.15, 0.2) is 24.3 Å². The molecule has 0 aromatic heterocycles. The first-order valence-corrected chi connectivity index (χ1v) is 8.19. The lowest BCUT2D eigenvalue weighted by molar-refractivity contribution is -0.121.